The number of carbonyl (C=O) groups is 1. The molecule has 3 N–H and O–H groups in total. The van der Waals surface area contributed by atoms with E-state index in [2.05, 4.69) is 16.3 Å². The van der Waals surface area contributed by atoms with E-state index in [1.54, 1.807) is 7.11 Å². The molecule has 0 fully saturated rings. The summed E-state index contributed by atoms with van der Waals surface area (Å²) in [6.45, 7) is 2.34. The fraction of sp³-hybridized carbons (Fsp3) is 0.350. The van der Waals surface area contributed by atoms with Crippen LogP contribution in [0.25, 0.3) is 0 Å². The number of amides is 1. The largest absolute Gasteiger partial charge is 0.398 e. The molecule has 1 amide bonds. The van der Waals surface area contributed by atoms with Gasteiger partial charge in [-0.05, 0) is 41.7 Å². The zero-order valence-electron chi connectivity index (χ0n) is 15.0. The Morgan fingerprint density at radius 3 is 2.81 bits per heavy atom. The van der Waals surface area contributed by atoms with Gasteiger partial charge in [-0.2, -0.15) is 0 Å². The number of nitrogens with two attached hydrogens (primary N) is 1. The van der Waals surface area contributed by atoms with E-state index in [1.165, 1.54) is 0 Å². The van der Waals surface area contributed by atoms with Crippen LogP contribution in [0.1, 0.15) is 23.1 Å². The summed E-state index contributed by atoms with van der Waals surface area (Å²) in [5.74, 6) is 0.0208. The molecule has 0 spiro atoms. The van der Waals surface area contributed by atoms with Crippen LogP contribution in [0.2, 0.25) is 0 Å². The van der Waals surface area contributed by atoms with Crippen molar-refractivity contribution in [2.75, 3.05) is 30.8 Å². The molecule has 0 unspecified atom stereocenters. The highest BCUT2D eigenvalue weighted by Crippen LogP contribution is 2.30. The number of nitrogens with zero attached hydrogens (tertiary/aromatic N) is 1. The molecule has 2 aromatic rings. The lowest BCUT2D eigenvalue weighted by molar-refractivity contribution is -0.119. The van der Waals surface area contributed by atoms with Crippen molar-refractivity contribution in [2.24, 2.45) is 0 Å². The summed E-state index contributed by atoms with van der Waals surface area (Å²) >= 11 is 0. The third-order valence-electron chi connectivity index (χ3n) is 4.51. The van der Waals surface area contributed by atoms with Crippen molar-refractivity contribution in [3.63, 3.8) is 0 Å². The molecule has 26 heavy (non-hydrogen) atoms. The molecule has 2 aromatic carbocycles. The Bertz CT molecular complexity index is 752. The number of nitrogens with one attached hydrogen (secondary N) is 1. The number of ether oxygens (including phenoxy) is 1. The van der Waals surface area contributed by atoms with Gasteiger partial charge in [0.25, 0.3) is 0 Å². The van der Waals surface area contributed by atoms with Gasteiger partial charge in [-0.3, -0.25) is 4.79 Å². The Morgan fingerprint density at radius 2 is 2.00 bits per heavy atom. The first kappa shape index (κ1) is 20.1. The van der Waals surface area contributed by atoms with Crippen molar-refractivity contribution in [3.05, 3.63) is 59.2 Å². The molecule has 6 heteroatoms. The molecule has 5 nitrogen and oxygen atoms in total. The first-order valence-electron chi connectivity index (χ1n) is 8.63. The van der Waals surface area contributed by atoms with Crippen molar-refractivity contribution < 1.29 is 9.53 Å². The third-order valence-corrected chi connectivity index (χ3v) is 4.51. The fourth-order valence-electron chi connectivity index (χ4n) is 3.32. The maximum atomic E-state index is 12.4. The fourth-order valence-corrected chi connectivity index (χ4v) is 3.32. The number of methoxy groups -OCH3 is 1. The SMILES string of the molecule is COCc1cccc(CNC(=O)CN2CCCc3c(N)cccc32)c1.Cl. The molecule has 0 atom stereocenters. The summed E-state index contributed by atoms with van der Waals surface area (Å²) in [5, 5.41) is 3.01. The molecule has 1 aliphatic rings. The minimum absolute atomic E-state index is 0. The number of carbonyl (C=O) groups excluding carboxylic acids is 1. The number of hydrogen-bond acceptors (Lipinski definition) is 4. The number of halogens is 1. The molecule has 0 saturated carbocycles. The van der Waals surface area contributed by atoms with Gasteiger partial charge in [-0.15, -0.1) is 12.4 Å². The minimum atomic E-state index is 0. The summed E-state index contributed by atoms with van der Waals surface area (Å²) < 4.78 is 5.15. The molecular formula is C20H26ClN3O2. The molecule has 1 aliphatic heterocycles. The predicted octanol–water partition coefficient (Wildman–Crippen LogP) is 2.91. The van der Waals surface area contributed by atoms with E-state index in [1.807, 2.05) is 36.4 Å². The Hall–Kier alpha value is -2.24. The number of hydrogen-bond donors (Lipinski definition) is 2. The van der Waals surface area contributed by atoms with Crippen molar-refractivity contribution >= 4 is 29.7 Å². The van der Waals surface area contributed by atoms with E-state index in [4.69, 9.17) is 10.5 Å². The molecule has 0 saturated heterocycles. The van der Waals surface area contributed by atoms with Crippen LogP contribution in [0.15, 0.2) is 42.5 Å². The first-order chi connectivity index (χ1) is 12.2. The summed E-state index contributed by atoms with van der Waals surface area (Å²) in [6.07, 6.45) is 2.00. The smallest absolute Gasteiger partial charge is 0.239 e. The Kier molecular flexibility index (Phi) is 7.30. The molecule has 3 rings (SSSR count). The Balaban J connectivity index is 0.00000243. The van der Waals surface area contributed by atoms with Crippen LogP contribution < -0.4 is 16.0 Å². The van der Waals surface area contributed by atoms with Crippen LogP contribution in [0.5, 0.6) is 0 Å². The van der Waals surface area contributed by atoms with Crippen molar-refractivity contribution in [1.29, 1.82) is 0 Å². The maximum absolute atomic E-state index is 12.4. The van der Waals surface area contributed by atoms with Gasteiger partial charge in [-0.25, -0.2) is 0 Å². The second-order valence-corrected chi connectivity index (χ2v) is 6.40. The minimum Gasteiger partial charge on any atom is -0.398 e. The molecule has 1 heterocycles. The summed E-state index contributed by atoms with van der Waals surface area (Å²) in [6, 6.07) is 14.0. The number of rotatable bonds is 6. The van der Waals surface area contributed by atoms with Crippen molar-refractivity contribution in [3.8, 4) is 0 Å². The van der Waals surface area contributed by atoms with Gasteiger partial charge in [-0.1, -0.05) is 30.3 Å². The number of nitrogen functional groups attached to an aromatic ring is 1. The Labute approximate surface area is 160 Å². The zero-order valence-corrected chi connectivity index (χ0v) is 15.8. The summed E-state index contributed by atoms with van der Waals surface area (Å²) in [4.78, 5) is 14.5. The highest BCUT2D eigenvalue weighted by atomic mass is 35.5. The van der Waals surface area contributed by atoms with Gasteiger partial charge in [0.05, 0.1) is 13.2 Å². The topological polar surface area (TPSA) is 67.6 Å². The van der Waals surface area contributed by atoms with Crippen LogP contribution >= 0.6 is 12.4 Å². The van der Waals surface area contributed by atoms with E-state index in [9.17, 15) is 4.79 Å². The second kappa shape index (κ2) is 9.46. The van der Waals surface area contributed by atoms with E-state index >= 15 is 0 Å². The van der Waals surface area contributed by atoms with Gasteiger partial charge in [0.1, 0.15) is 0 Å². The maximum Gasteiger partial charge on any atom is 0.239 e. The van der Waals surface area contributed by atoms with Crippen molar-refractivity contribution in [1.82, 2.24) is 5.32 Å². The zero-order chi connectivity index (χ0) is 17.6. The second-order valence-electron chi connectivity index (χ2n) is 6.40. The lowest BCUT2D eigenvalue weighted by Crippen LogP contribution is -2.39. The van der Waals surface area contributed by atoms with E-state index in [0.717, 1.165) is 47.5 Å². The first-order valence-corrected chi connectivity index (χ1v) is 8.63. The number of fused-ring (bicyclic) bond motifs is 1. The van der Waals surface area contributed by atoms with E-state index in [-0.39, 0.29) is 18.3 Å². The van der Waals surface area contributed by atoms with Crippen molar-refractivity contribution in [2.45, 2.75) is 26.0 Å². The van der Waals surface area contributed by atoms with Crippen LogP contribution in [-0.4, -0.2) is 26.1 Å². The third kappa shape index (κ3) is 4.90. The summed E-state index contributed by atoms with van der Waals surface area (Å²) in [5.41, 5.74) is 11.3. The van der Waals surface area contributed by atoms with E-state index < -0.39 is 0 Å². The molecule has 0 radical (unpaired) electrons. The highest BCUT2D eigenvalue weighted by Gasteiger charge is 2.20. The number of benzene rings is 2. The lowest BCUT2D eigenvalue weighted by atomic mass is 10.00. The van der Waals surface area contributed by atoms with Crippen LogP contribution in [0.3, 0.4) is 0 Å². The molecule has 0 aliphatic carbocycles. The van der Waals surface area contributed by atoms with Gasteiger partial charge in [0.15, 0.2) is 0 Å². The molecule has 140 valence electrons. The lowest BCUT2D eigenvalue weighted by Gasteiger charge is -2.31. The Morgan fingerprint density at radius 1 is 1.23 bits per heavy atom. The van der Waals surface area contributed by atoms with Crippen LogP contribution in [-0.2, 0) is 29.1 Å². The normalized spacial score (nSPS) is 12.9. The standard InChI is InChI=1S/C20H25N3O2.ClH/c1-25-14-16-6-2-5-15(11-16)12-22-20(24)13-23-10-4-7-17-18(21)8-3-9-19(17)23;/h2-3,5-6,8-9,11H,4,7,10,12-14,21H2,1H3,(H,22,24);1H. The van der Waals surface area contributed by atoms with Gasteiger partial charge in [0.2, 0.25) is 5.91 Å². The average molecular weight is 376 g/mol. The highest BCUT2D eigenvalue weighted by molar-refractivity contribution is 5.85. The molecule has 0 aromatic heterocycles. The predicted molar refractivity (Wildman–Crippen MR) is 108 cm³/mol. The molecule has 0 bridgehead atoms. The quantitative estimate of drug-likeness (QED) is 0.762. The van der Waals surface area contributed by atoms with Gasteiger partial charge >= 0.3 is 0 Å². The summed E-state index contributed by atoms with van der Waals surface area (Å²) in [7, 11) is 1.68. The van der Waals surface area contributed by atoms with Crippen LogP contribution in [0, 0.1) is 0 Å². The van der Waals surface area contributed by atoms with Gasteiger partial charge in [0, 0.05) is 31.6 Å². The number of anilines is 2. The van der Waals surface area contributed by atoms with E-state index in [0.29, 0.717) is 19.7 Å². The van der Waals surface area contributed by atoms with Gasteiger partial charge < -0.3 is 20.7 Å². The average Bonchev–Trinajstić information content (AvgIpc) is 2.62. The monoisotopic (exact) mass is 375 g/mol. The molecular weight excluding hydrogens is 350 g/mol. The van der Waals surface area contributed by atoms with Crippen LogP contribution in [0.4, 0.5) is 11.4 Å².